The second kappa shape index (κ2) is 3.05. The minimum atomic E-state index is 0.137. The van der Waals surface area contributed by atoms with Gasteiger partial charge >= 0.3 is 0 Å². The molecule has 2 fully saturated rings. The van der Waals surface area contributed by atoms with Gasteiger partial charge in [-0.05, 0) is 12.8 Å². The molecule has 0 spiro atoms. The molecule has 1 aliphatic heterocycles. The number of amides is 1. The van der Waals surface area contributed by atoms with E-state index < -0.39 is 0 Å². The van der Waals surface area contributed by atoms with Crippen molar-refractivity contribution in [1.29, 1.82) is 0 Å². The lowest BCUT2D eigenvalue weighted by Crippen LogP contribution is -2.53. The normalized spacial score (nSPS) is 36.4. The number of carbonyl (C=O) groups excluding carboxylic acids is 1. The monoisotopic (exact) mass is 169 g/mol. The van der Waals surface area contributed by atoms with Gasteiger partial charge in [0.15, 0.2) is 0 Å². The molecule has 68 valence electrons. The van der Waals surface area contributed by atoms with Gasteiger partial charge in [0.1, 0.15) is 6.61 Å². The van der Waals surface area contributed by atoms with Crippen molar-refractivity contribution in [2.24, 2.45) is 0 Å². The van der Waals surface area contributed by atoms with Gasteiger partial charge in [-0.15, -0.1) is 0 Å². The van der Waals surface area contributed by atoms with Crippen LogP contribution < -0.4 is 0 Å². The summed E-state index contributed by atoms with van der Waals surface area (Å²) in [5.74, 6) is 0.137. The molecule has 1 saturated carbocycles. The fraction of sp³-hybridized carbons (Fsp3) is 0.889. The van der Waals surface area contributed by atoms with Crippen LogP contribution in [0.25, 0.3) is 0 Å². The number of ether oxygens (including phenoxy) is 1. The number of fused-ring (bicyclic) bond motifs is 1. The SMILES string of the molecule is CN1C(=O)CO[C@@H]2CCCC[C@H]21. The number of nitrogens with zero attached hydrogens (tertiary/aromatic N) is 1. The van der Waals surface area contributed by atoms with E-state index in [0.29, 0.717) is 12.1 Å². The predicted octanol–water partition coefficient (Wildman–Crippen LogP) is 0.786. The van der Waals surface area contributed by atoms with Gasteiger partial charge in [-0.3, -0.25) is 4.79 Å². The molecule has 2 aliphatic rings. The standard InChI is InChI=1S/C9H15NO2/c1-10-7-4-2-3-5-8(7)12-6-9(10)11/h7-8H,2-6H2,1H3/t7-,8-/m1/s1. The van der Waals surface area contributed by atoms with Crippen LogP contribution in [-0.2, 0) is 9.53 Å². The molecule has 3 heteroatoms. The van der Waals surface area contributed by atoms with Crippen LogP contribution in [-0.4, -0.2) is 36.6 Å². The first-order valence-corrected chi connectivity index (χ1v) is 4.66. The summed E-state index contributed by atoms with van der Waals surface area (Å²) >= 11 is 0. The Hall–Kier alpha value is -0.570. The summed E-state index contributed by atoms with van der Waals surface area (Å²) in [6.07, 6.45) is 5.06. The average Bonchev–Trinajstić information content (AvgIpc) is 2.12. The molecular formula is C9H15NO2. The Kier molecular flexibility index (Phi) is 2.05. The molecule has 1 amide bonds. The summed E-state index contributed by atoms with van der Waals surface area (Å²) in [6.45, 7) is 0.289. The van der Waals surface area contributed by atoms with Crippen molar-refractivity contribution in [2.75, 3.05) is 13.7 Å². The molecule has 0 N–H and O–H groups in total. The van der Waals surface area contributed by atoms with E-state index in [-0.39, 0.29) is 12.5 Å². The Bertz CT molecular complexity index is 193. The molecule has 0 bridgehead atoms. The van der Waals surface area contributed by atoms with Gasteiger partial charge in [0.2, 0.25) is 5.91 Å². The molecule has 1 saturated heterocycles. The lowest BCUT2D eigenvalue weighted by atomic mass is 9.90. The quantitative estimate of drug-likeness (QED) is 0.536. The zero-order chi connectivity index (χ0) is 8.55. The molecule has 0 aromatic carbocycles. The number of carbonyl (C=O) groups is 1. The van der Waals surface area contributed by atoms with Crippen LogP contribution in [0.15, 0.2) is 0 Å². The summed E-state index contributed by atoms with van der Waals surface area (Å²) in [5, 5.41) is 0. The van der Waals surface area contributed by atoms with Crippen LogP contribution in [0.3, 0.4) is 0 Å². The molecule has 0 unspecified atom stereocenters. The fourth-order valence-electron chi connectivity index (χ4n) is 2.18. The minimum Gasteiger partial charge on any atom is -0.366 e. The van der Waals surface area contributed by atoms with Crippen LogP contribution in [0.2, 0.25) is 0 Å². The minimum absolute atomic E-state index is 0.137. The van der Waals surface area contributed by atoms with Crippen LogP contribution in [0, 0.1) is 0 Å². The van der Waals surface area contributed by atoms with Crippen molar-refractivity contribution >= 4 is 5.91 Å². The van der Waals surface area contributed by atoms with E-state index in [1.807, 2.05) is 11.9 Å². The molecule has 12 heavy (non-hydrogen) atoms. The van der Waals surface area contributed by atoms with E-state index in [1.54, 1.807) is 0 Å². The van der Waals surface area contributed by atoms with E-state index in [1.165, 1.54) is 12.8 Å². The highest BCUT2D eigenvalue weighted by atomic mass is 16.5. The number of rotatable bonds is 0. The zero-order valence-corrected chi connectivity index (χ0v) is 7.45. The summed E-state index contributed by atoms with van der Waals surface area (Å²) in [5.41, 5.74) is 0. The maximum absolute atomic E-state index is 11.2. The Morgan fingerprint density at radius 1 is 1.42 bits per heavy atom. The smallest absolute Gasteiger partial charge is 0.248 e. The number of morpholine rings is 1. The third kappa shape index (κ3) is 1.22. The highest BCUT2D eigenvalue weighted by molar-refractivity contribution is 5.78. The maximum Gasteiger partial charge on any atom is 0.248 e. The Labute approximate surface area is 72.7 Å². The Morgan fingerprint density at radius 3 is 3.00 bits per heavy atom. The maximum atomic E-state index is 11.2. The van der Waals surface area contributed by atoms with E-state index in [4.69, 9.17) is 4.74 Å². The molecule has 2 rings (SSSR count). The summed E-state index contributed by atoms with van der Waals surface area (Å²) in [6, 6.07) is 0.361. The highest BCUT2D eigenvalue weighted by Gasteiger charge is 2.35. The lowest BCUT2D eigenvalue weighted by Gasteiger charge is -2.41. The van der Waals surface area contributed by atoms with Gasteiger partial charge in [0, 0.05) is 7.05 Å². The van der Waals surface area contributed by atoms with Crippen LogP contribution in [0.4, 0.5) is 0 Å². The molecule has 0 aromatic rings. The zero-order valence-electron chi connectivity index (χ0n) is 7.45. The Morgan fingerprint density at radius 2 is 2.17 bits per heavy atom. The highest BCUT2D eigenvalue weighted by Crippen LogP contribution is 2.27. The molecular weight excluding hydrogens is 154 g/mol. The third-order valence-electron chi connectivity index (χ3n) is 2.98. The van der Waals surface area contributed by atoms with Gasteiger partial charge in [0.05, 0.1) is 12.1 Å². The molecule has 1 aliphatic carbocycles. The van der Waals surface area contributed by atoms with Gasteiger partial charge in [-0.25, -0.2) is 0 Å². The summed E-state index contributed by atoms with van der Waals surface area (Å²) < 4.78 is 5.47. The molecule has 1 heterocycles. The molecule has 0 radical (unpaired) electrons. The van der Waals surface area contributed by atoms with Crippen LogP contribution in [0.1, 0.15) is 25.7 Å². The van der Waals surface area contributed by atoms with E-state index in [2.05, 4.69) is 0 Å². The van der Waals surface area contributed by atoms with Crippen molar-refractivity contribution in [1.82, 2.24) is 4.90 Å². The first-order valence-electron chi connectivity index (χ1n) is 4.66. The fourth-order valence-corrected chi connectivity index (χ4v) is 2.18. The topological polar surface area (TPSA) is 29.5 Å². The summed E-state index contributed by atoms with van der Waals surface area (Å²) in [7, 11) is 1.90. The van der Waals surface area contributed by atoms with Gasteiger partial charge in [0.25, 0.3) is 0 Å². The Balaban J connectivity index is 2.08. The lowest BCUT2D eigenvalue weighted by molar-refractivity contribution is -0.157. The second-order valence-corrected chi connectivity index (χ2v) is 3.71. The second-order valence-electron chi connectivity index (χ2n) is 3.71. The third-order valence-corrected chi connectivity index (χ3v) is 2.98. The largest absolute Gasteiger partial charge is 0.366 e. The van der Waals surface area contributed by atoms with Crippen LogP contribution in [0.5, 0.6) is 0 Å². The number of likely N-dealkylation sites (N-methyl/N-ethyl adjacent to an activating group) is 1. The number of hydrogen-bond donors (Lipinski definition) is 0. The predicted molar refractivity (Wildman–Crippen MR) is 44.8 cm³/mol. The molecule has 0 aromatic heterocycles. The summed E-state index contributed by atoms with van der Waals surface area (Å²) in [4.78, 5) is 13.1. The van der Waals surface area contributed by atoms with Gasteiger partial charge < -0.3 is 9.64 Å². The van der Waals surface area contributed by atoms with Crippen molar-refractivity contribution < 1.29 is 9.53 Å². The van der Waals surface area contributed by atoms with E-state index in [0.717, 1.165) is 12.8 Å². The first kappa shape index (κ1) is 8.05. The molecule has 2 atom stereocenters. The number of hydrogen-bond acceptors (Lipinski definition) is 2. The average molecular weight is 169 g/mol. The van der Waals surface area contributed by atoms with E-state index >= 15 is 0 Å². The van der Waals surface area contributed by atoms with Gasteiger partial charge in [-0.2, -0.15) is 0 Å². The van der Waals surface area contributed by atoms with Crippen molar-refractivity contribution in [3.63, 3.8) is 0 Å². The van der Waals surface area contributed by atoms with Crippen molar-refractivity contribution in [3.05, 3.63) is 0 Å². The van der Waals surface area contributed by atoms with Gasteiger partial charge in [-0.1, -0.05) is 12.8 Å². The van der Waals surface area contributed by atoms with E-state index in [9.17, 15) is 4.79 Å². The van der Waals surface area contributed by atoms with Crippen molar-refractivity contribution in [3.8, 4) is 0 Å². The van der Waals surface area contributed by atoms with Crippen molar-refractivity contribution in [2.45, 2.75) is 37.8 Å². The van der Waals surface area contributed by atoms with Crippen LogP contribution >= 0.6 is 0 Å². The molecule has 3 nitrogen and oxygen atoms in total. The first-order chi connectivity index (χ1) is 5.79.